The average molecular weight is 162 g/mol. The van der Waals surface area contributed by atoms with E-state index in [-0.39, 0.29) is 18.8 Å². The molecule has 0 aliphatic rings. The van der Waals surface area contributed by atoms with Gasteiger partial charge in [0.2, 0.25) is 0 Å². The monoisotopic (exact) mass is 162 g/mol. The maximum atomic E-state index is 8.50. The first-order valence-corrected chi connectivity index (χ1v) is 4.01. The molecule has 1 N–H and O–H groups in total. The molecule has 0 aromatic heterocycles. The maximum Gasteiger partial charge on any atom is 0.0832 e. The molecule has 0 rings (SSSR count). The van der Waals surface area contributed by atoms with Crippen LogP contribution < -0.4 is 0 Å². The van der Waals surface area contributed by atoms with Crippen LogP contribution in [0.2, 0.25) is 0 Å². The molecule has 11 heavy (non-hydrogen) atoms. The number of rotatable bonds is 6. The van der Waals surface area contributed by atoms with Crippen molar-refractivity contribution < 1.29 is 14.6 Å². The molecule has 2 atom stereocenters. The summed E-state index contributed by atoms with van der Waals surface area (Å²) in [4.78, 5) is 0. The van der Waals surface area contributed by atoms with Gasteiger partial charge in [0.1, 0.15) is 0 Å². The number of hydrogen-bond donors (Lipinski definition) is 1. The molecule has 68 valence electrons. The lowest BCUT2D eigenvalue weighted by atomic mass is 10.2. The van der Waals surface area contributed by atoms with Crippen LogP contribution in [0.25, 0.3) is 0 Å². The van der Waals surface area contributed by atoms with E-state index in [0.29, 0.717) is 6.61 Å². The lowest BCUT2D eigenvalue weighted by molar-refractivity contribution is -0.0578. The van der Waals surface area contributed by atoms with Gasteiger partial charge in [0.15, 0.2) is 0 Å². The van der Waals surface area contributed by atoms with Gasteiger partial charge in [0.05, 0.1) is 25.4 Å². The minimum Gasteiger partial charge on any atom is -0.394 e. The van der Waals surface area contributed by atoms with Crippen LogP contribution in [0.4, 0.5) is 0 Å². The highest BCUT2D eigenvalue weighted by atomic mass is 16.5. The molecule has 0 aliphatic carbocycles. The van der Waals surface area contributed by atoms with E-state index < -0.39 is 0 Å². The van der Waals surface area contributed by atoms with Crippen LogP contribution >= 0.6 is 0 Å². The van der Waals surface area contributed by atoms with E-state index in [1.165, 1.54) is 0 Å². The van der Waals surface area contributed by atoms with Gasteiger partial charge in [-0.15, -0.1) is 0 Å². The van der Waals surface area contributed by atoms with Crippen molar-refractivity contribution in [3.8, 4) is 0 Å². The fraction of sp³-hybridized carbons (Fsp3) is 1.00. The molecule has 0 fully saturated rings. The van der Waals surface area contributed by atoms with E-state index in [1.807, 2.05) is 13.8 Å². The van der Waals surface area contributed by atoms with Crippen LogP contribution in [0.1, 0.15) is 20.3 Å². The maximum absolute atomic E-state index is 8.50. The Hall–Kier alpha value is -0.120. The largest absolute Gasteiger partial charge is 0.394 e. The predicted molar refractivity (Wildman–Crippen MR) is 43.6 cm³/mol. The Morgan fingerprint density at radius 3 is 2.45 bits per heavy atom. The van der Waals surface area contributed by atoms with Crippen molar-refractivity contribution in [1.29, 1.82) is 0 Å². The minimum atomic E-state index is 0.0763. The summed E-state index contributed by atoms with van der Waals surface area (Å²) in [7, 11) is 1.66. The van der Waals surface area contributed by atoms with Crippen molar-refractivity contribution in [3.63, 3.8) is 0 Å². The molecule has 0 aromatic rings. The average Bonchev–Trinajstić information content (AvgIpc) is 2.05. The van der Waals surface area contributed by atoms with Crippen LogP contribution in [0.3, 0.4) is 0 Å². The highest BCUT2D eigenvalue weighted by Gasteiger charge is 2.14. The van der Waals surface area contributed by atoms with E-state index in [0.717, 1.165) is 6.42 Å². The summed E-state index contributed by atoms with van der Waals surface area (Å²) in [5, 5.41) is 8.50. The normalized spacial score (nSPS) is 16.4. The molecule has 0 saturated heterocycles. The smallest absolute Gasteiger partial charge is 0.0832 e. The minimum absolute atomic E-state index is 0.0763. The first-order valence-electron chi connectivity index (χ1n) is 4.01. The van der Waals surface area contributed by atoms with E-state index in [2.05, 4.69) is 0 Å². The summed E-state index contributed by atoms with van der Waals surface area (Å²) in [5.41, 5.74) is 0. The zero-order valence-electron chi connectivity index (χ0n) is 7.54. The third kappa shape index (κ3) is 4.35. The fourth-order valence-corrected chi connectivity index (χ4v) is 0.941. The lowest BCUT2D eigenvalue weighted by Gasteiger charge is -2.21. The Labute approximate surface area is 68.3 Å². The summed E-state index contributed by atoms with van der Waals surface area (Å²) < 4.78 is 10.4. The molecule has 0 aromatic carbocycles. The van der Waals surface area contributed by atoms with Crippen LogP contribution in [-0.2, 0) is 9.47 Å². The number of hydrogen-bond acceptors (Lipinski definition) is 3. The third-order valence-corrected chi connectivity index (χ3v) is 1.72. The Morgan fingerprint density at radius 1 is 1.45 bits per heavy atom. The molecule has 3 heteroatoms. The van der Waals surface area contributed by atoms with Gasteiger partial charge in [-0.3, -0.25) is 0 Å². The van der Waals surface area contributed by atoms with Crippen LogP contribution in [0.5, 0.6) is 0 Å². The van der Waals surface area contributed by atoms with Crippen molar-refractivity contribution in [1.82, 2.24) is 0 Å². The van der Waals surface area contributed by atoms with E-state index in [9.17, 15) is 0 Å². The summed E-state index contributed by atoms with van der Waals surface area (Å²) in [6, 6.07) is 0. The first kappa shape index (κ1) is 10.9. The Balaban J connectivity index is 3.56. The molecule has 0 aliphatic heterocycles. The van der Waals surface area contributed by atoms with Crippen LogP contribution in [-0.4, -0.2) is 37.6 Å². The van der Waals surface area contributed by atoms with Gasteiger partial charge in [-0.1, -0.05) is 6.92 Å². The van der Waals surface area contributed by atoms with Crippen molar-refractivity contribution >= 4 is 0 Å². The molecule has 2 unspecified atom stereocenters. The van der Waals surface area contributed by atoms with Crippen molar-refractivity contribution in [2.75, 3.05) is 20.3 Å². The quantitative estimate of drug-likeness (QED) is 0.628. The van der Waals surface area contributed by atoms with Crippen molar-refractivity contribution in [2.24, 2.45) is 0 Å². The van der Waals surface area contributed by atoms with Gasteiger partial charge in [-0.05, 0) is 13.3 Å². The Kier molecular flexibility index (Phi) is 6.51. The van der Waals surface area contributed by atoms with Gasteiger partial charge < -0.3 is 14.6 Å². The molecular formula is C8H18O3. The highest BCUT2D eigenvalue weighted by molar-refractivity contribution is 4.63. The second kappa shape index (κ2) is 6.58. The summed E-state index contributed by atoms with van der Waals surface area (Å²) in [6.45, 7) is 4.47. The number of ether oxygens (including phenoxy) is 2. The second-order valence-corrected chi connectivity index (χ2v) is 2.48. The van der Waals surface area contributed by atoms with Crippen LogP contribution in [0, 0.1) is 0 Å². The molecule has 0 amide bonds. The van der Waals surface area contributed by atoms with Gasteiger partial charge in [0, 0.05) is 7.11 Å². The third-order valence-electron chi connectivity index (χ3n) is 1.72. The van der Waals surface area contributed by atoms with Gasteiger partial charge in [0.25, 0.3) is 0 Å². The van der Waals surface area contributed by atoms with Crippen molar-refractivity contribution in [2.45, 2.75) is 32.5 Å². The summed E-state index contributed by atoms with van der Waals surface area (Å²) in [5.74, 6) is 0. The topological polar surface area (TPSA) is 38.7 Å². The van der Waals surface area contributed by atoms with Gasteiger partial charge >= 0.3 is 0 Å². The Bertz CT molecular complexity index is 85.4. The molecule has 0 heterocycles. The van der Waals surface area contributed by atoms with Crippen LogP contribution in [0.15, 0.2) is 0 Å². The molecule has 0 saturated carbocycles. The molecule has 0 radical (unpaired) electrons. The predicted octanol–water partition coefficient (Wildman–Crippen LogP) is 0.809. The molecular weight excluding hydrogens is 144 g/mol. The lowest BCUT2D eigenvalue weighted by Crippen LogP contribution is -2.28. The zero-order chi connectivity index (χ0) is 8.69. The second-order valence-electron chi connectivity index (χ2n) is 2.48. The fourth-order valence-electron chi connectivity index (χ4n) is 0.941. The number of aliphatic hydroxyl groups excluding tert-OH is 1. The van der Waals surface area contributed by atoms with Gasteiger partial charge in [-0.25, -0.2) is 0 Å². The molecule has 0 spiro atoms. The van der Waals surface area contributed by atoms with E-state index in [4.69, 9.17) is 14.6 Å². The highest BCUT2D eigenvalue weighted by Crippen LogP contribution is 2.06. The molecule has 0 bridgehead atoms. The zero-order valence-corrected chi connectivity index (χ0v) is 7.54. The number of aliphatic hydroxyl groups is 1. The Morgan fingerprint density at radius 2 is 2.09 bits per heavy atom. The van der Waals surface area contributed by atoms with E-state index >= 15 is 0 Å². The van der Waals surface area contributed by atoms with E-state index in [1.54, 1.807) is 7.11 Å². The van der Waals surface area contributed by atoms with Crippen molar-refractivity contribution in [3.05, 3.63) is 0 Å². The summed E-state index contributed by atoms with van der Waals surface area (Å²) >= 11 is 0. The molecule has 3 nitrogen and oxygen atoms in total. The SMILES string of the molecule is CCC(OCCO)C(C)OC. The first-order chi connectivity index (χ1) is 5.26. The van der Waals surface area contributed by atoms with Gasteiger partial charge in [-0.2, -0.15) is 0 Å². The number of methoxy groups -OCH3 is 1. The standard InChI is InChI=1S/C8H18O3/c1-4-8(7(2)10-3)11-6-5-9/h7-9H,4-6H2,1-3H3. The summed E-state index contributed by atoms with van der Waals surface area (Å²) in [6.07, 6.45) is 1.12.